The highest BCUT2D eigenvalue weighted by molar-refractivity contribution is 6.00. The van der Waals surface area contributed by atoms with Crippen LogP contribution in [0.3, 0.4) is 0 Å². The fourth-order valence-electron chi connectivity index (χ4n) is 2.42. The summed E-state index contributed by atoms with van der Waals surface area (Å²) in [4.78, 5) is 22.3. The molecular formula is C13H16N6O2. The molecule has 3 rings (SSSR count). The molecule has 0 atom stereocenters. The predicted octanol–water partition coefficient (Wildman–Crippen LogP) is 0.631. The Hall–Kier alpha value is -2.64. The van der Waals surface area contributed by atoms with Gasteiger partial charge in [-0.25, -0.2) is 14.8 Å². The van der Waals surface area contributed by atoms with Crippen molar-refractivity contribution in [3.8, 4) is 5.95 Å². The average Bonchev–Trinajstić information content (AvgIpc) is 3.15. The molecule has 0 spiro atoms. The number of carbonyl (C=O) groups excluding carboxylic acids is 1. The van der Waals surface area contributed by atoms with Crippen LogP contribution in [0, 0.1) is 0 Å². The first-order chi connectivity index (χ1) is 10.2. The maximum absolute atomic E-state index is 12.0. The van der Waals surface area contributed by atoms with E-state index in [-0.39, 0.29) is 11.4 Å². The van der Waals surface area contributed by atoms with Crippen LogP contribution in [0.1, 0.15) is 23.2 Å². The van der Waals surface area contributed by atoms with E-state index in [1.807, 2.05) is 4.90 Å². The third-order valence-electron chi connectivity index (χ3n) is 3.44. The van der Waals surface area contributed by atoms with E-state index in [1.165, 1.54) is 11.8 Å². The molecule has 2 N–H and O–H groups in total. The highest BCUT2D eigenvalue weighted by Crippen LogP contribution is 2.29. The van der Waals surface area contributed by atoms with Gasteiger partial charge in [0.25, 0.3) is 5.95 Å². The lowest BCUT2D eigenvalue weighted by Gasteiger charge is -2.14. The van der Waals surface area contributed by atoms with E-state index >= 15 is 0 Å². The second-order valence-corrected chi connectivity index (χ2v) is 4.73. The number of hydrogen-bond acceptors (Lipinski definition) is 7. The minimum atomic E-state index is -0.503. The quantitative estimate of drug-likeness (QED) is 0.827. The Balaban J connectivity index is 2.12. The summed E-state index contributed by atoms with van der Waals surface area (Å²) in [6.07, 6.45) is 5.32. The summed E-state index contributed by atoms with van der Waals surface area (Å²) in [6, 6.07) is 1.70. The molecule has 110 valence electrons. The zero-order chi connectivity index (χ0) is 14.8. The van der Waals surface area contributed by atoms with E-state index in [0.29, 0.717) is 11.8 Å². The molecule has 0 amide bonds. The minimum Gasteiger partial charge on any atom is -0.465 e. The normalized spacial score (nSPS) is 14.4. The zero-order valence-electron chi connectivity index (χ0n) is 11.7. The van der Waals surface area contributed by atoms with Crippen LogP contribution in [0.2, 0.25) is 0 Å². The molecule has 0 unspecified atom stereocenters. The standard InChI is InChI=1S/C13H16N6O2/c1-21-12(20)9-10(14)19(13-15-5-4-6-16-13)17-11(9)18-7-2-3-8-18/h4-6H,2-3,7-8,14H2,1H3. The molecule has 1 aliphatic rings. The summed E-state index contributed by atoms with van der Waals surface area (Å²) in [6.45, 7) is 1.69. The van der Waals surface area contributed by atoms with Crippen molar-refractivity contribution in [3.63, 3.8) is 0 Å². The summed E-state index contributed by atoms with van der Waals surface area (Å²) in [5, 5.41) is 4.42. The van der Waals surface area contributed by atoms with E-state index in [2.05, 4.69) is 15.1 Å². The molecule has 0 radical (unpaired) electrons. The zero-order valence-corrected chi connectivity index (χ0v) is 11.7. The number of ether oxygens (including phenoxy) is 1. The van der Waals surface area contributed by atoms with E-state index in [9.17, 15) is 4.79 Å². The van der Waals surface area contributed by atoms with Gasteiger partial charge in [0.1, 0.15) is 11.4 Å². The molecule has 8 nitrogen and oxygen atoms in total. The molecule has 8 heteroatoms. The van der Waals surface area contributed by atoms with Crippen molar-refractivity contribution in [3.05, 3.63) is 24.0 Å². The maximum Gasteiger partial charge on any atom is 0.345 e. The molecule has 0 bridgehead atoms. The number of nitrogens with two attached hydrogens (primary N) is 1. The van der Waals surface area contributed by atoms with E-state index < -0.39 is 5.97 Å². The molecule has 1 fully saturated rings. The number of nitrogens with zero attached hydrogens (tertiary/aromatic N) is 5. The van der Waals surface area contributed by atoms with E-state index in [0.717, 1.165) is 25.9 Å². The van der Waals surface area contributed by atoms with Gasteiger partial charge < -0.3 is 15.4 Å². The number of esters is 1. The lowest BCUT2D eigenvalue weighted by atomic mass is 10.3. The van der Waals surface area contributed by atoms with Gasteiger partial charge in [0.15, 0.2) is 5.82 Å². The highest BCUT2D eigenvalue weighted by Gasteiger charge is 2.29. The van der Waals surface area contributed by atoms with Crippen LogP contribution in [0.4, 0.5) is 11.6 Å². The summed E-state index contributed by atoms with van der Waals surface area (Å²) < 4.78 is 6.20. The monoisotopic (exact) mass is 288 g/mol. The Morgan fingerprint density at radius 2 is 1.95 bits per heavy atom. The molecule has 0 aliphatic carbocycles. The van der Waals surface area contributed by atoms with Crippen LogP contribution >= 0.6 is 0 Å². The smallest absolute Gasteiger partial charge is 0.345 e. The SMILES string of the molecule is COC(=O)c1c(N2CCCC2)nn(-c2ncccn2)c1N. The van der Waals surface area contributed by atoms with Gasteiger partial charge in [-0.3, -0.25) is 0 Å². The molecule has 1 saturated heterocycles. The third-order valence-corrected chi connectivity index (χ3v) is 3.44. The minimum absolute atomic E-state index is 0.190. The molecule has 0 saturated carbocycles. The fraction of sp³-hybridized carbons (Fsp3) is 0.385. The van der Waals surface area contributed by atoms with Crippen molar-refractivity contribution in [2.24, 2.45) is 0 Å². The Morgan fingerprint density at radius 1 is 1.29 bits per heavy atom. The molecule has 21 heavy (non-hydrogen) atoms. The van der Waals surface area contributed by atoms with Gasteiger partial charge in [0.2, 0.25) is 0 Å². The van der Waals surface area contributed by atoms with Crippen LogP contribution in [0.5, 0.6) is 0 Å². The fourth-order valence-corrected chi connectivity index (χ4v) is 2.42. The summed E-state index contributed by atoms with van der Waals surface area (Å²) in [7, 11) is 1.33. The first-order valence-corrected chi connectivity index (χ1v) is 6.71. The van der Waals surface area contributed by atoms with Gasteiger partial charge in [-0.05, 0) is 18.9 Å². The number of aromatic nitrogens is 4. The van der Waals surface area contributed by atoms with Gasteiger partial charge in [-0.2, -0.15) is 4.68 Å². The van der Waals surface area contributed by atoms with E-state index in [4.69, 9.17) is 10.5 Å². The number of hydrogen-bond donors (Lipinski definition) is 1. The molecular weight excluding hydrogens is 272 g/mol. The van der Waals surface area contributed by atoms with Crippen LogP contribution in [-0.2, 0) is 4.74 Å². The summed E-state index contributed by atoms with van der Waals surface area (Å²) >= 11 is 0. The summed E-state index contributed by atoms with van der Waals surface area (Å²) in [5.41, 5.74) is 6.34. The number of methoxy groups -OCH3 is 1. The van der Waals surface area contributed by atoms with Crippen molar-refractivity contribution in [2.45, 2.75) is 12.8 Å². The first kappa shape index (κ1) is 13.3. The van der Waals surface area contributed by atoms with E-state index in [1.54, 1.807) is 18.5 Å². The lowest BCUT2D eigenvalue weighted by molar-refractivity contribution is 0.0602. The second kappa shape index (κ2) is 5.39. The Morgan fingerprint density at radius 3 is 2.57 bits per heavy atom. The van der Waals surface area contributed by atoms with Gasteiger partial charge in [-0.15, -0.1) is 5.10 Å². The van der Waals surface area contributed by atoms with Crippen molar-refractivity contribution < 1.29 is 9.53 Å². The molecule has 0 aromatic carbocycles. The summed E-state index contributed by atoms with van der Waals surface area (Å²) in [5.74, 6) is 0.543. The van der Waals surface area contributed by atoms with Crippen molar-refractivity contribution in [1.29, 1.82) is 0 Å². The Labute approximate surface area is 121 Å². The van der Waals surface area contributed by atoms with Crippen LogP contribution < -0.4 is 10.6 Å². The predicted molar refractivity (Wildman–Crippen MR) is 76.4 cm³/mol. The number of anilines is 2. The maximum atomic E-state index is 12.0. The van der Waals surface area contributed by atoms with Gasteiger partial charge in [0, 0.05) is 25.5 Å². The largest absolute Gasteiger partial charge is 0.465 e. The topological polar surface area (TPSA) is 99.2 Å². The van der Waals surface area contributed by atoms with Crippen molar-refractivity contribution in [2.75, 3.05) is 30.8 Å². The molecule has 2 aromatic rings. The second-order valence-electron chi connectivity index (χ2n) is 4.73. The first-order valence-electron chi connectivity index (χ1n) is 6.71. The third kappa shape index (κ3) is 2.28. The van der Waals surface area contributed by atoms with Crippen LogP contribution in [-0.4, -0.2) is 45.9 Å². The molecule has 3 heterocycles. The lowest BCUT2D eigenvalue weighted by Crippen LogP contribution is -2.21. The molecule has 1 aliphatic heterocycles. The van der Waals surface area contributed by atoms with Crippen molar-refractivity contribution >= 4 is 17.6 Å². The highest BCUT2D eigenvalue weighted by atomic mass is 16.5. The Bertz CT molecular complexity index is 648. The Kier molecular flexibility index (Phi) is 3.43. The van der Waals surface area contributed by atoms with Crippen molar-refractivity contribution in [1.82, 2.24) is 19.7 Å². The van der Waals surface area contributed by atoms with Gasteiger partial charge >= 0.3 is 5.97 Å². The van der Waals surface area contributed by atoms with Crippen LogP contribution in [0.25, 0.3) is 5.95 Å². The number of nitrogen functional groups attached to an aromatic ring is 1. The molecule has 2 aromatic heterocycles. The number of carbonyl (C=O) groups is 1. The average molecular weight is 288 g/mol. The van der Waals surface area contributed by atoms with Crippen LogP contribution in [0.15, 0.2) is 18.5 Å². The van der Waals surface area contributed by atoms with Gasteiger partial charge in [-0.1, -0.05) is 0 Å². The van der Waals surface area contributed by atoms with Gasteiger partial charge in [0.05, 0.1) is 7.11 Å². The number of rotatable bonds is 3.